The largest absolute Gasteiger partial charge is 0.764 e. The first-order valence-electron chi connectivity index (χ1n) is 12.3. The summed E-state index contributed by atoms with van der Waals surface area (Å²) in [6.07, 6.45) is 18.3. The number of rotatable bonds is 25. The van der Waals surface area contributed by atoms with Crippen LogP contribution in [-0.4, -0.2) is 35.5 Å². The predicted molar refractivity (Wildman–Crippen MR) is 120 cm³/mol. The van der Waals surface area contributed by atoms with Crippen molar-refractivity contribution in [3.05, 3.63) is 0 Å². The highest BCUT2D eigenvalue weighted by Gasteiger charge is 2.52. The Labute approximate surface area is 186 Å². The van der Waals surface area contributed by atoms with E-state index in [9.17, 15) is 0 Å². The Balaban J connectivity index is 3.75. The highest BCUT2D eigenvalue weighted by atomic mass is 28.4. The van der Waals surface area contributed by atoms with E-state index < -0.39 is 9.05 Å². The molecular formula is C22H48O7Si. The summed E-state index contributed by atoms with van der Waals surface area (Å²) < 4.78 is 21.4. The monoisotopic (exact) mass is 452 g/mol. The summed E-state index contributed by atoms with van der Waals surface area (Å²) in [4.78, 5) is 15.0. The second kappa shape index (κ2) is 23.6. The number of hydrogen-bond donors (Lipinski definition) is 0. The minimum Gasteiger partial charge on any atom is -0.347 e. The molecule has 0 aliphatic rings. The molecule has 0 bridgehead atoms. The zero-order valence-corrected chi connectivity index (χ0v) is 21.1. The summed E-state index contributed by atoms with van der Waals surface area (Å²) in [5.74, 6) is 0. The van der Waals surface area contributed by atoms with Crippen molar-refractivity contribution in [2.45, 2.75) is 118 Å². The molecule has 0 atom stereocenters. The maximum Gasteiger partial charge on any atom is 0.764 e. The van der Waals surface area contributed by atoms with E-state index in [0.29, 0.717) is 26.4 Å². The fraction of sp³-hybridized carbons (Fsp3) is 1.00. The Morgan fingerprint density at radius 1 is 0.433 bits per heavy atom. The van der Waals surface area contributed by atoms with Gasteiger partial charge in [-0.1, -0.05) is 90.4 Å². The summed E-state index contributed by atoms with van der Waals surface area (Å²) in [7, 11) is -3.63. The van der Waals surface area contributed by atoms with Crippen LogP contribution in [0.2, 0.25) is 0 Å². The molecule has 8 heteroatoms. The normalized spacial score (nSPS) is 12.0. The fourth-order valence-corrected chi connectivity index (χ4v) is 4.41. The molecule has 0 aliphatic heterocycles. The molecule has 0 radical (unpaired) electrons. The van der Waals surface area contributed by atoms with Crippen LogP contribution in [0.3, 0.4) is 0 Å². The Hall–Kier alpha value is -0.0631. The summed E-state index contributed by atoms with van der Waals surface area (Å²) in [6.45, 7) is 9.12. The maximum absolute atomic E-state index is 5.74. The van der Waals surface area contributed by atoms with Crippen LogP contribution in [0.25, 0.3) is 0 Å². The lowest BCUT2D eigenvalue weighted by Gasteiger charge is -2.23. The maximum atomic E-state index is 5.74. The molecule has 0 aromatic carbocycles. The van der Waals surface area contributed by atoms with Crippen LogP contribution in [0.5, 0.6) is 0 Å². The van der Waals surface area contributed by atoms with E-state index in [1.807, 2.05) is 0 Å². The third kappa shape index (κ3) is 18.7. The average molecular weight is 453 g/mol. The Morgan fingerprint density at radius 3 is 1.10 bits per heavy atom. The van der Waals surface area contributed by atoms with Crippen LogP contribution in [0, 0.1) is 0 Å². The molecule has 0 N–H and O–H groups in total. The van der Waals surface area contributed by atoms with Crippen molar-refractivity contribution in [1.82, 2.24) is 0 Å². The number of unbranched alkanes of at least 4 members (excludes halogenated alkanes) is 13. The van der Waals surface area contributed by atoms with Crippen LogP contribution in [0.15, 0.2) is 0 Å². The van der Waals surface area contributed by atoms with Crippen LogP contribution >= 0.6 is 0 Å². The standard InChI is InChI=1S/C22H48O7Si/c1-5-9-10-11-12-13-14-15-16-17-18-19-20-21-22-26-30(27-23-6-2,28-24-7-3)29-25-8-4/h5-22H2,1-4H3. The van der Waals surface area contributed by atoms with E-state index in [1.165, 1.54) is 77.0 Å². The van der Waals surface area contributed by atoms with Gasteiger partial charge >= 0.3 is 9.05 Å². The minimum absolute atomic E-state index is 0.335. The number of hydrogen-bond acceptors (Lipinski definition) is 7. The van der Waals surface area contributed by atoms with Gasteiger partial charge in [0.1, 0.15) is 0 Å². The lowest BCUT2D eigenvalue weighted by Crippen LogP contribution is -2.49. The molecule has 30 heavy (non-hydrogen) atoms. The first kappa shape index (κ1) is 29.9. The molecule has 0 amide bonds. The zero-order valence-electron chi connectivity index (χ0n) is 20.1. The van der Waals surface area contributed by atoms with Gasteiger partial charge in [0.2, 0.25) is 0 Å². The second-order valence-corrected chi connectivity index (χ2v) is 9.20. The van der Waals surface area contributed by atoms with Crippen molar-refractivity contribution in [1.29, 1.82) is 0 Å². The van der Waals surface area contributed by atoms with Crippen molar-refractivity contribution in [3.63, 3.8) is 0 Å². The van der Waals surface area contributed by atoms with Gasteiger partial charge < -0.3 is 4.43 Å². The third-order valence-corrected chi connectivity index (χ3v) is 6.14. The molecule has 0 rings (SSSR count). The van der Waals surface area contributed by atoms with Gasteiger partial charge in [-0.05, 0) is 27.2 Å². The highest BCUT2D eigenvalue weighted by molar-refractivity contribution is 6.52. The Morgan fingerprint density at radius 2 is 0.767 bits per heavy atom. The van der Waals surface area contributed by atoms with Crippen molar-refractivity contribution in [3.8, 4) is 0 Å². The molecule has 0 heterocycles. The van der Waals surface area contributed by atoms with Gasteiger partial charge in [-0.2, -0.15) is 13.7 Å². The summed E-state index contributed by atoms with van der Waals surface area (Å²) in [5, 5.41) is 0. The van der Waals surface area contributed by atoms with Gasteiger partial charge in [-0.3, -0.25) is 0 Å². The molecular weight excluding hydrogens is 404 g/mol. The van der Waals surface area contributed by atoms with Gasteiger partial charge in [0.05, 0.1) is 19.8 Å². The van der Waals surface area contributed by atoms with E-state index >= 15 is 0 Å². The molecule has 0 aliphatic carbocycles. The highest BCUT2D eigenvalue weighted by Crippen LogP contribution is 2.16. The van der Waals surface area contributed by atoms with E-state index in [2.05, 4.69) is 6.92 Å². The smallest absolute Gasteiger partial charge is 0.347 e. The van der Waals surface area contributed by atoms with E-state index in [1.54, 1.807) is 20.8 Å². The molecule has 0 fully saturated rings. The van der Waals surface area contributed by atoms with Gasteiger partial charge in [0.25, 0.3) is 0 Å². The topological polar surface area (TPSA) is 64.6 Å². The Kier molecular flexibility index (Phi) is 23.5. The van der Waals surface area contributed by atoms with E-state index in [4.69, 9.17) is 32.8 Å². The molecule has 7 nitrogen and oxygen atoms in total. The van der Waals surface area contributed by atoms with Gasteiger partial charge in [0.15, 0.2) is 0 Å². The Bertz CT molecular complexity index is 313. The van der Waals surface area contributed by atoms with Gasteiger partial charge in [-0.25, -0.2) is 14.7 Å². The quantitative estimate of drug-likeness (QED) is 0.0651. The summed E-state index contributed by atoms with van der Waals surface area (Å²) >= 11 is 0. The van der Waals surface area contributed by atoms with Crippen LogP contribution < -0.4 is 0 Å². The average Bonchev–Trinajstić information content (AvgIpc) is 2.77. The van der Waals surface area contributed by atoms with Crippen molar-refractivity contribution in [2.24, 2.45) is 0 Å². The first-order valence-corrected chi connectivity index (χ1v) is 13.9. The first-order chi connectivity index (χ1) is 14.7. The van der Waals surface area contributed by atoms with Crippen LogP contribution in [-0.2, 0) is 32.8 Å². The predicted octanol–water partition coefficient (Wildman–Crippen LogP) is 6.82. The molecule has 0 saturated carbocycles. The molecule has 0 aromatic rings. The third-order valence-electron chi connectivity index (χ3n) is 4.61. The van der Waals surface area contributed by atoms with E-state index in [-0.39, 0.29) is 0 Å². The molecule has 0 aromatic heterocycles. The van der Waals surface area contributed by atoms with Gasteiger partial charge in [0, 0.05) is 6.61 Å². The van der Waals surface area contributed by atoms with Crippen LogP contribution in [0.1, 0.15) is 118 Å². The van der Waals surface area contributed by atoms with Crippen molar-refractivity contribution >= 4 is 9.05 Å². The summed E-state index contributed by atoms with van der Waals surface area (Å²) in [5.41, 5.74) is 0. The molecule has 182 valence electrons. The molecule has 0 saturated heterocycles. The van der Waals surface area contributed by atoms with Crippen LogP contribution in [0.4, 0.5) is 0 Å². The van der Waals surface area contributed by atoms with Crippen molar-refractivity contribution < 1.29 is 32.8 Å². The SMILES string of the molecule is CCCCCCCCCCCCCCCCO[Si](OOCC)(OOCC)OOCC. The lowest BCUT2D eigenvalue weighted by molar-refractivity contribution is -0.385. The summed E-state index contributed by atoms with van der Waals surface area (Å²) in [6, 6.07) is 0. The molecule has 0 unspecified atom stereocenters. The van der Waals surface area contributed by atoms with E-state index in [0.717, 1.165) is 12.8 Å². The lowest BCUT2D eigenvalue weighted by atomic mass is 10.0. The molecule has 0 spiro atoms. The zero-order chi connectivity index (χ0) is 22.2. The fourth-order valence-electron chi connectivity index (χ4n) is 3.00. The van der Waals surface area contributed by atoms with Crippen molar-refractivity contribution in [2.75, 3.05) is 26.4 Å². The van der Waals surface area contributed by atoms with Gasteiger partial charge in [-0.15, -0.1) is 0 Å². The minimum atomic E-state index is -3.63. The second-order valence-electron chi connectivity index (χ2n) is 7.41.